The second kappa shape index (κ2) is 6.69. The van der Waals surface area contributed by atoms with Gasteiger partial charge < -0.3 is 15.0 Å². The summed E-state index contributed by atoms with van der Waals surface area (Å²) in [5.74, 6) is -2.02. The number of nitrogen functional groups attached to an aromatic ring is 1. The lowest BCUT2D eigenvalue weighted by Crippen LogP contribution is -2.11. The summed E-state index contributed by atoms with van der Waals surface area (Å²) in [6, 6.07) is 11.7. The van der Waals surface area contributed by atoms with Crippen molar-refractivity contribution >= 4 is 11.7 Å². The Bertz CT molecular complexity index is 1010. The van der Waals surface area contributed by atoms with Gasteiger partial charge in [-0.15, -0.1) is 0 Å². The molecule has 130 valence electrons. The number of halogens is 2. The van der Waals surface area contributed by atoms with Crippen molar-refractivity contribution in [3.8, 4) is 22.9 Å². The molecule has 0 bridgehead atoms. The largest absolute Gasteiger partial charge is 0.464 e. The summed E-state index contributed by atoms with van der Waals surface area (Å²) in [7, 11) is 1.22. The fourth-order valence-corrected chi connectivity index (χ4v) is 2.65. The molecule has 7 heteroatoms. The Morgan fingerprint density at radius 3 is 2.27 bits per heavy atom. The van der Waals surface area contributed by atoms with Crippen molar-refractivity contribution in [2.24, 2.45) is 0 Å². The average Bonchev–Trinajstić information content (AvgIpc) is 2.97. The van der Waals surface area contributed by atoms with Gasteiger partial charge in [0.05, 0.1) is 18.4 Å². The van der Waals surface area contributed by atoms with E-state index in [-0.39, 0.29) is 16.9 Å². The highest BCUT2D eigenvalue weighted by Gasteiger charge is 2.21. The van der Waals surface area contributed by atoms with Crippen LogP contribution < -0.4 is 5.73 Å². The Morgan fingerprint density at radius 2 is 1.73 bits per heavy atom. The van der Waals surface area contributed by atoms with Crippen molar-refractivity contribution in [1.29, 1.82) is 5.26 Å². The third-order valence-corrected chi connectivity index (χ3v) is 3.88. The van der Waals surface area contributed by atoms with E-state index in [1.54, 1.807) is 24.3 Å². The van der Waals surface area contributed by atoms with Gasteiger partial charge in [0, 0.05) is 18.0 Å². The summed E-state index contributed by atoms with van der Waals surface area (Å²) in [6.45, 7) is 0. The van der Waals surface area contributed by atoms with E-state index in [0.29, 0.717) is 16.8 Å². The average molecular weight is 353 g/mol. The summed E-state index contributed by atoms with van der Waals surface area (Å²) in [5.41, 5.74) is 7.57. The first-order valence-electron chi connectivity index (χ1n) is 7.50. The van der Waals surface area contributed by atoms with Crippen LogP contribution in [0.2, 0.25) is 0 Å². The van der Waals surface area contributed by atoms with E-state index >= 15 is 0 Å². The monoisotopic (exact) mass is 353 g/mol. The van der Waals surface area contributed by atoms with Gasteiger partial charge in [-0.25, -0.2) is 13.6 Å². The zero-order valence-corrected chi connectivity index (χ0v) is 13.7. The first kappa shape index (κ1) is 17.2. The van der Waals surface area contributed by atoms with Crippen LogP contribution in [0.15, 0.2) is 48.7 Å². The number of nitriles is 1. The van der Waals surface area contributed by atoms with Crippen LogP contribution in [0, 0.1) is 23.0 Å². The molecule has 3 rings (SSSR count). The number of ether oxygens (including phenoxy) is 1. The molecule has 0 amide bonds. The van der Waals surface area contributed by atoms with E-state index in [2.05, 4.69) is 0 Å². The number of carbonyl (C=O) groups excluding carboxylic acids is 1. The number of nitrogens with zero attached hydrogens (tertiary/aromatic N) is 2. The van der Waals surface area contributed by atoms with Crippen LogP contribution in [-0.2, 0) is 4.74 Å². The maximum atomic E-state index is 13.4. The summed E-state index contributed by atoms with van der Waals surface area (Å²) < 4.78 is 32.9. The standard InChI is InChI=1S/C19H13F2N3O2/c1-26-19(25)18-17(23)13(9-22)10-24(18)16-4-2-11(3-5-16)12-6-14(20)8-15(21)7-12/h2-8,10H,23H2,1H3. The molecule has 26 heavy (non-hydrogen) atoms. The predicted octanol–water partition coefficient (Wildman–Crippen LogP) is 3.66. The number of nitrogens with two attached hydrogens (primary N) is 1. The number of esters is 1. The molecule has 0 saturated carbocycles. The topological polar surface area (TPSA) is 81.0 Å². The van der Waals surface area contributed by atoms with Gasteiger partial charge in [-0.1, -0.05) is 12.1 Å². The van der Waals surface area contributed by atoms with Crippen LogP contribution in [0.5, 0.6) is 0 Å². The number of anilines is 1. The Morgan fingerprint density at radius 1 is 1.12 bits per heavy atom. The van der Waals surface area contributed by atoms with Crippen LogP contribution in [-0.4, -0.2) is 17.6 Å². The highest BCUT2D eigenvalue weighted by molar-refractivity contribution is 5.96. The van der Waals surface area contributed by atoms with E-state index in [4.69, 9.17) is 15.7 Å². The van der Waals surface area contributed by atoms with Gasteiger partial charge in [0.15, 0.2) is 5.69 Å². The third kappa shape index (κ3) is 3.00. The van der Waals surface area contributed by atoms with Crippen LogP contribution in [0.4, 0.5) is 14.5 Å². The molecule has 0 atom stereocenters. The minimum Gasteiger partial charge on any atom is -0.464 e. The maximum absolute atomic E-state index is 13.4. The summed E-state index contributed by atoms with van der Waals surface area (Å²) in [5, 5.41) is 9.14. The van der Waals surface area contributed by atoms with Crippen molar-refractivity contribution in [2.45, 2.75) is 0 Å². The number of hydrogen-bond donors (Lipinski definition) is 1. The number of carbonyl (C=O) groups is 1. The van der Waals surface area contributed by atoms with E-state index in [1.807, 2.05) is 6.07 Å². The van der Waals surface area contributed by atoms with E-state index in [9.17, 15) is 13.6 Å². The smallest absolute Gasteiger partial charge is 0.357 e. The number of methoxy groups -OCH3 is 1. The van der Waals surface area contributed by atoms with Gasteiger partial charge >= 0.3 is 5.97 Å². The first-order chi connectivity index (χ1) is 12.4. The van der Waals surface area contributed by atoms with Crippen molar-refractivity contribution < 1.29 is 18.3 Å². The third-order valence-electron chi connectivity index (χ3n) is 3.88. The second-order valence-corrected chi connectivity index (χ2v) is 5.48. The lowest BCUT2D eigenvalue weighted by atomic mass is 10.0. The normalized spacial score (nSPS) is 10.4. The fraction of sp³-hybridized carbons (Fsp3) is 0.0526. The molecule has 2 N–H and O–H groups in total. The Hall–Kier alpha value is -3.66. The molecule has 0 aliphatic carbocycles. The molecule has 0 aliphatic heterocycles. The van der Waals surface area contributed by atoms with Gasteiger partial charge in [-0.3, -0.25) is 0 Å². The summed E-state index contributed by atoms with van der Waals surface area (Å²) >= 11 is 0. The molecular formula is C19H13F2N3O2. The molecule has 1 heterocycles. The molecule has 0 spiro atoms. The molecule has 1 aromatic heterocycles. The lowest BCUT2D eigenvalue weighted by molar-refractivity contribution is 0.0593. The van der Waals surface area contributed by atoms with Crippen molar-refractivity contribution in [3.63, 3.8) is 0 Å². The Kier molecular flexibility index (Phi) is 4.42. The predicted molar refractivity (Wildman–Crippen MR) is 91.6 cm³/mol. The summed E-state index contributed by atoms with van der Waals surface area (Å²) in [6.07, 6.45) is 1.43. The van der Waals surface area contributed by atoms with Crippen LogP contribution in [0.3, 0.4) is 0 Å². The molecular weight excluding hydrogens is 340 g/mol. The van der Waals surface area contributed by atoms with Crippen LogP contribution in [0.1, 0.15) is 16.1 Å². The fourth-order valence-electron chi connectivity index (χ4n) is 2.65. The zero-order valence-electron chi connectivity index (χ0n) is 13.7. The molecule has 0 unspecified atom stereocenters. The molecule has 0 aliphatic rings. The van der Waals surface area contributed by atoms with Gasteiger partial charge in [0.1, 0.15) is 17.7 Å². The van der Waals surface area contributed by atoms with Crippen molar-refractivity contribution in [2.75, 3.05) is 12.8 Å². The minimum absolute atomic E-state index is 0.0237. The van der Waals surface area contributed by atoms with E-state index in [0.717, 1.165) is 6.07 Å². The molecule has 0 saturated heterocycles. The van der Waals surface area contributed by atoms with E-state index in [1.165, 1.54) is 30.0 Å². The molecule has 5 nitrogen and oxygen atoms in total. The van der Waals surface area contributed by atoms with Crippen molar-refractivity contribution in [3.05, 3.63) is 71.6 Å². The molecule has 0 radical (unpaired) electrons. The van der Waals surface area contributed by atoms with E-state index < -0.39 is 17.6 Å². The van der Waals surface area contributed by atoms with Gasteiger partial charge in [-0.2, -0.15) is 5.26 Å². The number of benzene rings is 2. The highest BCUT2D eigenvalue weighted by atomic mass is 19.1. The second-order valence-electron chi connectivity index (χ2n) is 5.48. The van der Waals surface area contributed by atoms with Crippen LogP contribution in [0.25, 0.3) is 16.8 Å². The SMILES string of the molecule is COC(=O)c1c(N)c(C#N)cn1-c1ccc(-c2cc(F)cc(F)c2)cc1. The number of rotatable bonds is 3. The molecule has 3 aromatic rings. The molecule has 0 fully saturated rings. The quantitative estimate of drug-likeness (QED) is 0.729. The van der Waals surface area contributed by atoms with Crippen LogP contribution >= 0.6 is 0 Å². The zero-order chi connectivity index (χ0) is 18.8. The maximum Gasteiger partial charge on any atom is 0.357 e. The minimum atomic E-state index is -0.680. The lowest BCUT2D eigenvalue weighted by Gasteiger charge is -2.10. The Balaban J connectivity index is 2.07. The molecule has 2 aromatic carbocycles. The number of hydrogen-bond acceptors (Lipinski definition) is 4. The first-order valence-corrected chi connectivity index (χ1v) is 7.50. The Labute approximate surface area is 147 Å². The van der Waals surface area contributed by atoms with Gasteiger partial charge in [-0.05, 0) is 35.4 Å². The van der Waals surface area contributed by atoms with Gasteiger partial charge in [0.25, 0.3) is 0 Å². The highest BCUT2D eigenvalue weighted by Crippen LogP contribution is 2.27. The van der Waals surface area contributed by atoms with Crippen molar-refractivity contribution in [1.82, 2.24) is 4.57 Å². The number of aromatic nitrogens is 1. The summed E-state index contributed by atoms with van der Waals surface area (Å²) in [4.78, 5) is 12.0. The van der Waals surface area contributed by atoms with Gasteiger partial charge in [0.2, 0.25) is 0 Å².